The summed E-state index contributed by atoms with van der Waals surface area (Å²) in [6.45, 7) is 0. The van der Waals surface area contributed by atoms with Crippen molar-refractivity contribution in [2.75, 3.05) is 0 Å². The Balaban J connectivity index is 1.88. The van der Waals surface area contributed by atoms with Gasteiger partial charge in [0.2, 0.25) is 0 Å². The zero-order valence-electron chi connectivity index (χ0n) is 10.5. The first-order valence-electron chi connectivity index (χ1n) is 6.41. The van der Waals surface area contributed by atoms with Crippen LogP contribution in [0.15, 0.2) is 36.4 Å². The van der Waals surface area contributed by atoms with Crippen LogP contribution in [0.25, 0.3) is 0 Å². The average Bonchev–Trinajstić information content (AvgIpc) is 2.86. The lowest BCUT2D eigenvalue weighted by atomic mass is 9.95. The van der Waals surface area contributed by atoms with E-state index >= 15 is 0 Å². The average molecular weight is 297 g/mol. The fraction of sp³-hybridized carbons (Fsp3) is 0.250. The number of alkyl halides is 1. The highest BCUT2D eigenvalue weighted by molar-refractivity contribution is 6.21. The van der Waals surface area contributed by atoms with Crippen molar-refractivity contribution in [3.63, 3.8) is 0 Å². The minimum absolute atomic E-state index is 0.00609. The fourth-order valence-corrected chi connectivity index (χ4v) is 3.15. The van der Waals surface area contributed by atoms with Crippen LogP contribution in [0.2, 0.25) is 0 Å². The summed E-state index contributed by atoms with van der Waals surface area (Å²) < 4.78 is 40.0. The Morgan fingerprint density at radius 2 is 1.45 bits per heavy atom. The quantitative estimate of drug-likeness (QED) is 0.552. The van der Waals surface area contributed by atoms with Gasteiger partial charge in [0.25, 0.3) is 0 Å². The van der Waals surface area contributed by atoms with Gasteiger partial charge >= 0.3 is 0 Å². The van der Waals surface area contributed by atoms with Crippen LogP contribution in [0.4, 0.5) is 13.2 Å². The van der Waals surface area contributed by atoms with Crippen molar-refractivity contribution in [2.45, 2.75) is 18.2 Å². The van der Waals surface area contributed by atoms with E-state index in [0.29, 0.717) is 6.07 Å². The standard InChI is InChI=1S/C16H12ClF3/c17-16(12-7-14(19)15(20)8-13(12)18)11-5-9-3-1-2-4-10(9)6-11/h1-4,7-8,11,16H,5-6H2. The first kappa shape index (κ1) is 13.5. The predicted octanol–water partition coefficient (Wildman–Crippen LogP) is 4.80. The maximum atomic E-state index is 13.8. The first-order chi connectivity index (χ1) is 9.56. The molecule has 0 bridgehead atoms. The Labute approximate surface area is 120 Å². The van der Waals surface area contributed by atoms with Crippen molar-refractivity contribution in [3.05, 3.63) is 70.5 Å². The van der Waals surface area contributed by atoms with Crippen LogP contribution in [0.5, 0.6) is 0 Å². The Morgan fingerprint density at radius 3 is 2.05 bits per heavy atom. The number of benzene rings is 2. The van der Waals surface area contributed by atoms with Gasteiger partial charge in [0.1, 0.15) is 5.82 Å². The van der Waals surface area contributed by atoms with E-state index in [-0.39, 0.29) is 11.5 Å². The molecule has 4 heteroatoms. The van der Waals surface area contributed by atoms with E-state index in [1.165, 1.54) is 11.1 Å². The molecule has 1 atom stereocenters. The summed E-state index contributed by atoms with van der Waals surface area (Å²) in [4.78, 5) is 0. The molecule has 3 rings (SSSR count). The highest BCUT2D eigenvalue weighted by atomic mass is 35.5. The number of fused-ring (bicyclic) bond motifs is 1. The maximum Gasteiger partial charge on any atom is 0.161 e. The summed E-state index contributed by atoms with van der Waals surface area (Å²) in [5, 5.41) is -0.669. The van der Waals surface area contributed by atoms with Crippen molar-refractivity contribution < 1.29 is 13.2 Å². The third-order valence-corrected chi connectivity index (χ3v) is 4.42. The molecule has 0 saturated carbocycles. The summed E-state index contributed by atoms with van der Waals surface area (Å²) in [6, 6.07) is 9.35. The van der Waals surface area contributed by atoms with Crippen molar-refractivity contribution >= 4 is 11.6 Å². The van der Waals surface area contributed by atoms with E-state index in [2.05, 4.69) is 0 Å². The van der Waals surface area contributed by atoms with E-state index < -0.39 is 22.8 Å². The number of hydrogen-bond donors (Lipinski definition) is 0. The van der Waals surface area contributed by atoms with Gasteiger partial charge in [0.15, 0.2) is 11.6 Å². The number of rotatable bonds is 2. The Kier molecular flexibility index (Phi) is 3.47. The zero-order chi connectivity index (χ0) is 14.3. The highest BCUT2D eigenvalue weighted by Crippen LogP contribution is 2.40. The summed E-state index contributed by atoms with van der Waals surface area (Å²) in [7, 11) is 0. The Hall–Kier alpha value is -1.48. The molecule has 20 heavy (non-hydrogen) atoms. The first-order valence-corrected chi connectivity index (χ1v) is 6.85. The van der Waals surface area contributed by atoms with Crippen molar-refractivity contribution in [1.29, 1.82) is 0 Å². The predicted molar refractivity (Wildman–Crippen MR) is 72.3 cm³/mol. The second-order valence-electron chi connectivity index (χ2n) is 5.13. The Bertz CT molecular complexity index is 629. The molecule has 0 aliphatic heterocycles. The molecular formula is C16H12ClF3. The van der Waals surface area contributed by atoms with E-state index in [1.807, 2.05) is 24.3 Å². The number of halogens is 4. The van der Waals surface area contributed by atoms with Gasteiger partial charge in [0, 0.05) is 11.6 Å². The normalized spacial score (nSPS) is 16.2. The maximum absolute atomic E-state index is 13.8. The largest absolute Gasteiger partial charge is 0.207 e. The topological polar surface area (TPSA) is 0 Å². The lowest BCUT2D eigenvalue weighted by Gasteiger charge is -2.18. The molecule has 2 aromatic rings. The van der Waals surface area contributed by atoms with Crippen LogP contribution >= 0.6 is 11.6 Å². The van der Waals surface area contributed by atoms with Gasteiger partial charge in [0.05, 0.1) is 5.38 Å². The molecule has 0 aromatic heterocycles. The van der Waals surface area contributed by atoms with Crippen LogP contribution in [0.3, 0.4) is 0 Å². The lowest BCUT2D eigenvalue weighted by Crippen LogP contribution is -2.10. The molecule has 2 aromatic carbocycles. The summed E-state index contributed by atoms with van der Waals surface area (Å²) in [6.07, 6.45) is 1.45. The van der Waals surface area contributed by atoms with Crippen LogP contribution in [-0.4, -0.2) is 0 Å². The van der Waals surface area contributed by atoms with Gasteiger partial charge in [-0.05, 0) is 36.0 Å². The van der Waals surface area contributed by atoms with Gasteiger partial charge in [-0.1, -0.05) is 24.3 Å². The van der Waals surface area contributed by atoms with E-state index in [4.69, 9.17) is 11.6 Å². The molecule has 0 radical (unpaired) electrons. The van der Waals surface area contributed by atoms with Crippen molar-refractivity contribution in [2.24, 2.45) is 5.92 Å². The fourth-order valence-electron chi connectivity index (χ4n) is 2.80. The highest BCUT2D eigenvalue weighted by Gasteiger charge is 2.30. The van der Waals surface area contributed by atoms with Gasteiger partial charge in [-0.2, -0.15) is 0 Å². The molecular weight excluding hydrogens is 285 g/mol. The minimum atomic E-state index is -1.19. The van der Waals surface area contributed by atoms with Crippen LogP contribution in [0.1, 0.15) is 22.1 Å². The third-order valence-electron chi connectivity index (χ3n) is 3.83. The van der Waals surface area contributed by atoms with Crippen LogP contribution in [-0.2, 0) is 12.8 Å². The molecule has 104 valence electrons. The van der Waals surface area contributed by atoms with Gasteiger partial charge < -0.3 is 0 Å². The summed E-state index contributed by atoms with van der Waals surface area (Å²) >= 11 is 6.30. The second-order valence-corrected chi connectivity index (χ2v) is 5.60. The molecule has 0 saturated heterocycles. The molecule has 0 fully saturated rings. The van der Waals surface area contributed by atoms with Gasteiger partial charge in [-0.3, -0.25) is 0 Å². The molecule has 0 heterocycles. The van der Waals surface area contributed by atoms with E-state index in [0.717, 1.165) is 18.9 Å². The summed E-state index contributed by atoms with van der Waals surface area (Å²) in [5.41, 5.74) is 2.40. The van der Waals surface area contributed by atoms with Gasteiger partial charge in [-0.25, -0.2) is 13.2 Å². The molecule has 1 aliphatic rings. The smallest absolute Gasteiger partial charge is 0.161 e. The Morgan fingerprint density at radius 1 is 0.900 bits per heavy atom. The summed E-state index contributed by atoms with van der Waals surface area (Å²) in [5.74, 6) is -3.05. The number of hydrogen-bond acceptors (Lipinski definition) is 0. The van der Waals surface area contributed by atoms with Crippen molar-refractivity contribution in [3.8, 4) is 0 Å². The van der Waals surface area contributed by atoms with E-state index in [9.17, 15) is 13.2 Å². The second kappa shape index (κ2) is 5.13. The lowest BCUT2D eigenvalue weighted by molar-refractivity contribution is 0.473. The molecule has 0 amide bonds. The minimum Gasteiger partial charge on any atom is -0.207 e. The molecule has 0 spiro atoms. The molecule has 0 N–H and O–H groups in total. The molecule has 1 aliphatic carbocycles. The molecule has 0 nitrogen and oxygen atoms in total. The molecule has 1 unspecified atom stereocenters. The van der Waals surface area contributed by atoms with E-state index in [1.54, 1.807) is 0 Å². The van der Waals surface area contributed by atoms with Crippen LogP contribution in [0, 0.1) is 23.4 Å². The SMILES string of the molecule is Fc1cc(F)c(C(Cl)C2Cc3ccccc3C2)cc1F. The van der Waals surface area contributed by atoms with Crippen LogP contribution < -0.4 is 0 Å². The zero-order valence-corrected chi connectivity index (χ0v) is 11.3. The monoisotopic (exact) mass is 296 g/mol. The van der Waals surface area contributed by atoms with Crippen molar-refractivity contribution in [1.82, 2.24) is 0 Å². The third kappa shape index (κ3) is 2.31. The van der Waals surface area contributed by atoms with Gasteiger partial charge in [-0.15, -0.1) is 11.6 Å².